The summed E-state index contributed by atoms with van der Waals surface area (Å²) in [5, 5.41) is 4.84. The molecule has 0 aliphatic carbocycles. The molecule has 0 atom stereocenters. The number of hydrogen-bond donors (Lipinski definition) is 0. The predicted octanol–water partition coefficient (Wildman–Crippen LogP) is 4.14. The lowest BCUT2D eigenvalue weighted by molar-refractivity contribution is -0.155. The predicted molar refractivity (Wildman–Crippen MR) is 112 cm³/mol. The van der Waals surface area contributed by atoms with Crippen molar-refractivity contribution in [1.82, 2.24) is 9.46 Å². The number of anilines is 1. The van der Waals surface area contributed by atoms with Crippen LogP contribution in [0.15, 0.2) is 50.5 Å². The van der Waals surface area contributed by atoms with Crippen LogP contribution in [0.3, 0.4) is 0 Å². The van der Waals surface area contributed by atoms with Crippen molar-refractivity contribution in [3.63, 3.8) is 0 Å². The number of piperazine rings is 1. The number of rotatable bonds is 5. The lowest BCUT2D eigenvalue weighted by atomic mass is 10.1. The number of ketones is 1. The van der Waals surface area contributed by atoms with E-state index in [1.54, 1.807) is 12.1 Å². The fourth-order valence-electron chi connectivity index (χ4n) is 3.35. The second-order valence-corrected chi connectivity index (χ2v) is 10.3. The van der Waals surface area contributed by atoms with E-state index in [1.165, 1.54) is 22.7 Å². The van der Waals surface area contributed by atoms with Gasteiger partial charge in [0.2, 0.25) is 5.76 Å². The molecule has 2 aromatic heterocycles. The first-order valence-corrected chi connectivity index (χ1v) is 11.9. The molecule has 0 radical (unpaired) electrons. The second-order valence-electron chi connectivity index (χ2n) is 7.22. The Balaban J connectivity index is 1.45. The van der Waals surface area contributed by atoms with E-state index in [0.29, 0.717) is 18.7 Å². The average molecular weight is 486 g/mol. The first-order chi connectivity index (χ1) is 15.1. The fraction of sp³-hybridized carbons (Fsp3) is 0.300. The molecule has 1 aromatic carbocycles. The summed E-state index contributed by atoms with van der Waals surface area (Å²) in [6, 6.07) is 9.20. The molecule has 0 bridgehead atoms. The molecule has 3 aromatic rings. The van der Waals surface area contributed by atoms with Gasteiger partial charge in [0, 0.05) is 54.4 Å². The summed E-state index contributed by atoms with van der Waals surface area (Å²) >= 11 is 0.925. The van der Waals surface area contributed by atoms with Gasteiger partial charge in [-0.25, -0.2) is 8.42 Å². The van der Waals surface area contributed by atoms with Gasteiger partial charge in [-0.3, -0.25) is 4.79 Å². The van der Waals surface area contributed by atoms with Crippen molar-refractivity contribution in [3.05, 3.63) is 53.1 Å². The number of benzene rings is 1. The van der Waals surface area contributed by atoms with Crippen molar-refractivity contribution >= 4 is 32.8 Å². The number of alkyl halides is 3. The Morgan fingerprint density at radius 2 is 1.75 bits per heavy atom. The number of aromatic nitrogens is 1. The summed E-state index contributed by atoms with van der Waals surface area (Å²) in [5.74, 6) is -1.27. The van der Waals surface area contributed by atoms with Crippen LogP contribution in [-0.2, 0) is 16.2 Å². The van der Waals surface area contributed by atoms with E-state index in [4.69, 9.17) is 0 Å². The molecule has 0 N–H and O–H groups in total. The Kier molecular flexibility index (Phi) is 5.86. The highest BCUT2D eigenvalue weighted by Crippen LogP contribution is 2.35. The van der Waals surface area contributed by atoms with Gasteiger partial charge >= 0.3 is 6.18 Å². The van der Waals surface area contributed by atoms with Crippen LogP contribution in [0.2, 0.25) is 0 Å². The van der Waals surface area contributed by atoms with Crippen LogP contribution >= 0.6 is 11.3 Å². The molecule has 1 aliphatic heterocycles. The molecule has 7 nitrogen and oxygen atoms in total. The Morgan fingerprint density at radius 1 is 1.09 bits per heavy atom. The second kappa shape index (κ2) is 8.34. The molecule has 12 heteroatoms. The summed E-state index contributed by atoms with van der Waals surface area (Å²) in [6.45, 7) is 2.94. The van der Waals surface area contributed by atoms with E-state index in [-0.39, 0.29) is 34.3 Å². The van der Waals surface area contributed by atoms with Crippen molar-refractivity contribution in [1.29, 1.82) is 0 Å². The molecule has 0 saturated carbocycles. The topological polar surface area (TPSA) is 83.7 Å². The van der Waals surface area contributed by atoms with Crippen molar-refractivity contribution in [2.45, 2.75) is 17.3 Å². The minimum atomic E-state index is -4.66. The summed E-state index contributed by atoms with van der Waals surface area (Å²) in [7, 11) is -3.79. The molecule has 1 aliphatic rings. The van der Waals surface area contributed by atoms with Crippen LogP contribution < -0.4 is 4.90 Å². The minimum Gasteiger partial charge on any atom is -0.369 e. The molecule has 0 amide bonds. The first-order valence-electron chi connectivity index (χ1n) is 9.54. The number of hydrogen-bond acceptors (Lipinski definition) is 7. The monoisotopic (exact) mass is 485 g/mol. The number of halogens is 3. The van der Waals surface area contributed by atoms with Crippen molar-refractivity contribution in [3.8, 4) is 11.3 Å². The summed E-state index contributed by atoms with van der Waals surface area (Å²) in [6.07, 6.45) is -4.66. The van der Waals surface area contributed by atoms with Gasteiger partial charge in [-0.1, -0.05) is 5.16 Å². The first kappa shape index (κ1) is 22.5. The van der Waals surface area contributed by atoms with Crippen molar-refractivity contribution < 1.29 is 30.9 Å². The van der Waals surface area contributed by atoms with E-state index in [2.05, 4.69) is 9.68 Å². The molecule has 4 rings (SSSR count). The quantitative estimate of drug-likeness (QED) is 0.506. The molecular formula is C20H18F3N3O4S2. The third-order valence-corrected chi connectivity index (χ3v) is 8.45. The third-order valence-electron chi connectivity index (χ3n) is 5.13. The third kappa shape index (κ3) is 4.43. The van der Waals surface area contributed by atoms with Gasteiger partial charge in [-0.15, -0.1) is 11.3 Å². The fourth-order valence-corrected chi connectivity index (χ4v) is 6.10. The number of Topliss-reactive ketones (excluding diaryl/α,β-unsaturated/α-hetero) is 1. The molecule has 3 heterocycles. The highest BCUT2D eigenvalue weighted by molar-refractivity contribution is 7.91. The van der Waals surface area contributed by atoms with E-state index in [0.717, 1.165) is 23.1 Å². The highest BCUT2D eigenvalue weighted by atomic mass is 32.2. The SMILES string of the molecule is CC(=O)c1ccc(N2CCN(S(=O)(=O)c3cc(-c4cc(C(F)(F)F)on4)cs3)CC2)cc1. The van der Waals surface area contributed by atoms with Crippen LogP contribution in [0.4, 0.5) is 18.9 Å². The van der Waals surface area contributed by atoms with E-state index in [9.17, 15) is 26.4 Å². The normalized spacial score (nSPS) is 15.8. The zero-order chi connectivity index (χ0) is 23.1. The van der Waals surface area contributed by atoms with Crippen molar-refractivity contribution in [2.24, 2.45) is 0 Å². The van der Waals surface area contributed by atoms with Gasteiger partial charge in [-0.05, 0) is 37.3 Å². The highest BCUT2D eigenvalue weighted by Gasteiger charge is 2.36. The summed E-state index contributed by atoms with van der Waals surface area (Å²) in [5.41, 5.74) is 1.68. The standard InChI is InChI=1S/C20H18F3N3O4S2/c1-13(27)14-2-4-16(5-3-14)25-6-8-26(9-7-25)32(28,29)19-10-15(12-31-19)17-11-18(30-24-17)20(21,22)23/h2-5,10-12H,6-9H2,1H3. The van der Waals surface area contributed by atoms with E-state index in [1.807, 2.05) is 17.0 Å². The number of carbonyl (C=O) groups excluding carboxylic acids is 1. The maximum absolute atomic E-state index is 13.0. The zero-order valence-electron chi connectivity index (χ0n) is 16.8. The lowest BCUT2D eigenvalue weighted by Gasteiger charge is -2.35. The van der Waals surface area contributed by atoms with Gasteiger partial charge in [0.05, 0.1) is 0 Å². The molecule has 0 unspecified atom stereocenters. The number of thiophene rings is 1. The largest absolute Gasteiger partial charge is 0.452 e. The summed E-state index contributed by atoms with van der Waals surface area (Å²) in [4.78, 5) is 13.4. The van der Waals surface area contributed by atoms with Crippen LogP contribution in [-0.4, -0.2) is 49.8 Å². The van der Waals surface area contributed by atoms with Gasteiger partial charge < -0.3 is 9.42 Å². The minimum absolute atomic E-state index is 0.0250. The molecular weight excluding hydrogens is 467 g/mol. The van der Waals surface area contributed by atoms with E-state index < -0.39 is 22.0 Å². The van der Waals surface area contributed by atoms with Gasteiger partial charge in [0.25, 0.3) is 10.0 Å². The smallest absolute Gasteiger partial charge is 0.369 e. The summed E-state index contributed by atoms with van der Waals surface area (Å²) < 4.78 is 69.9. The Labute approximate surface area is 186 Å². The lowest BCUT2D eigenvalue weighted by Crippen LogP contribution is -2.48. The molecule has 32 heavy (non-hydrogen) atoms. The zero-order valence-corrected chi connectivity index (χ0v) is 18.4. The van der Waals surface area contributed by atoms with Crippen molar-refractivity contribution in [2.75, 3.05) is 31.1 Å². The maximum Gasteiger partial charge on any atom is 0.452 e. The van der Waals surface area contributed by atoms with Gasteiger partial charge in [0.15, 0.2) is 5.78 Å². The molecule has 170 valence electrons. The van der Waals surface area contributed by atoms with E-state index >= 15 is 0 Å². The Morgan fingerprint density at radius 3 is 2.31 bits per heavy atom. The van der Waals surface area contributed by atoms with Gasteiger partial charge in [0.1, 0.15) is 9.90 Å². The molecule has 1 saturated heterocycles. The van der Waals surface area contributed by atoms with Crippen LogP contribution in [0.5, 0.6) is 0 Å². The number of carbonyl (C=O) groups is 1. The Bertz CT molecular complexity index is 1230. The number of nitrogens with zero attached hydrogens (tertiary/aromatic N) is 3. The van der Waals surface area contributed by atoms with Gasteiger partial charge in [-0.2, -0.15) is 17.5 Å². The van der Waals surface area contributed by atoms with Crippen LogP contribution in [0.1, 0.15) is 23.0 Å². The number of sulfonamides is 1. The van der Waals surface area contributed by atoms with Crippen LogP contribution in [0.25, 0.3) is 11.3 Å². The average Bonchev–Trinajstić information content (AvgIpc) is 3.44. The maximum atomic E-state index is 13.0. The Hall–Kier alpha value is -2.70. The molecule has 0 spiro atoms. The van der Waals surface area contributed by atoms with Crippen LogP contribution in [0, 0.1) is 0 Å². The molecule has 1 fully saturated rings.